The number of nitrogens with one attached hydrogen (secondary N) is 2. The minimum Gasteiger partial charge on any atom is -0.465 e. The van der Waals surface area contributed by atoms with Crippen molar-refractivity contribution in [3.63, 3.8) is 0 Å². The van der Waals surface area contributed by atoms with Gasteiger partial charge in [0, 0.05) is 11.4 Å². The summed E-state index contributed by atoms with van der Waals surface area (Å²) in [6.45, 7) is 1.89. The number of halogens is 1. The van der Waals surface area contributed by atoms with E-state index in [1.54, 1.807) is 18.2 Å². The molecule has 1 saturated heterocycles. The average molecular weight is 311 g/mol. The van der Waals surface area contributed by atoms with Crippen molar-refractivity contribution in [3.05, 3.63) is 28.8 Å². The molecule has 1 aliphatic heterocycles. The van der Waals surface area contributed by atoms with Crippen molar-refractivity contribution < 1.29 is 14.3 Å². The highest BCUT2D eigenvalue weighted by molar-refractivity contribution is 6.31. The third-order valence-electron chi connectivity index (χ3n) is 3.59. The summed E-state index contributed by atoms with van der Waals surface area (Å²) >= 11 is 5.93. The van der Waals surface area contributed by atoms with E-state index in [0.29, 0.717) is 28.6 Å². The summed E-state index contributed by atoms with van der Waals surface area (Å²) in [6, 6.07) is 4.71. The number of carbonyl (C=O) groups excluding carboxylic acids is 2. The first-order valence-electron chi connectivity index (χ1n) is 6.98. The van der Waals surface area contributed by atoms with Crippen molar-refractivity contribution >= 4 is 29.2 Å². The molecule has 2 rings (SSSR count). The molecule has 0 aliphatic carbocycles. The average Bonchev–Trinajstić information content (AvgIpc) is 2.47. The maximum atomic E-state index is 12.1. The predicted molar refractivity (Wildman–Crippen MR) is 81.6 cm³/mol. The molecule has 0 radical (unpaired) electrons. The van der Waals surface area contributed by atoms with Crippen LogP contribution in [0.2, 0.25) is 5.02 Å². The molecule has 0 unspecified atom stereocenters. The third kappa shape index (κ3) is 4.44. The van der Waals surface area contributed by atoms with Gasteiger partial charge in [0.2, 0.25) is 5.91 Å². The second-order valence-electron chi connectivity index (χ2n) is 5.13. The van der Waals surface area contributed by atoms with Crippen LogP contribution in [-0.2, 0) is 9.53 Å². The molecule has 0 aromatic heterocycles. The summed E-state index contributed by atoms with van der Waals surface area (Å²) in [4.78, 5) is 23.8. The number of rotatable bonds is 4. The van der Waals surface area contributed by atoms with Crippen molar-refractivity contribution in [3.8, 4) is 0 Å². The Kier molecular flexibility index (Phi) is 5.59. The summed E-state index contributed by atoms with van der Waals surface area (Å²) in [7, 11) is 1.30. The molecule has 2 N–H and O–H groups in total. The lowest BCUT2D eigenvalue weighted by molar-refractivity contribution is -0.117. The van der Waals surface area contributed by atoms with Gasteiger partial charge < -0.3 is 15.4 Å². The maximum Gasteiger partial charge on any atom is 0.339 e. The molecule has 1 fully saturated rings. The number of esters is 1. The summed E-state index contributed by atoms with van der Waals surface area (Å²) in [5, 5.41) is 6.49. The van der Waals surface area contributed by atoms with Gasteiger partial charge in [0.1, 0.15) is 0 Å². The van der Waals surface area contributed by atoms with Crippen LogP contribution in [0.5, 0.6) is 0 Å². The highest BCUT2D eigenvalue weighted by atomic mass is 35.5. The molecular formula is C15H19ClN2O3. The van der Waals surface area contributed by atoms with Crippen LogP contribution in [-0.4, -0.2) is 32.1 Å². The lowest BCUT2D eigenvalue weighted by Gasteiger charge is -2.22. The SMILES string of the molecule is COC(=O)c1ccc(Cl)cc1NC(=O)CC1CCNCC1. The van der Waals surface area contributed by atoms with E-state index in [1.807, 2.05) is 0 Å². The molecule has 1 aliphatic rings. The zero-order valence-corrected chi connectivity index (χ0v) is 12.7. The first kappa shape index (κ1) is 15.8. The van der Waals surface area contributed by atoms with Crippen LogP contribution in [0, 0.1) is 5.92 Å². The predicted octanol–water partition coefficient (Wildman–Crippen LogP) is 2.45. The first-order valence-corrected chi connectivity index (χ1v) is 7.36. The van der Waals surface area contributed by atoms with Gasteiger partial charge in [-0.2, -0.15) is 0 Å². The van der Waals surface area contributed by atoms with Gasteiger partial charge in [-0.3, -0.25) is 4.79 Å². The molecule has 1 aromatic rings. The Morgan fingerprint density at radius 2 is 2.10 bits per heavy atom. The monoisotopic (exact) mass is 310 g/mol. The van der Waals surface area contributed by atoms with Gasteiger partial charge in [0.15, 0.2) is 0 Å². The number of hydrogen-bond donors (Lipinski definition) is 2. The van der Waals surface area contributed by atoms with Gasteiger partial charge in [-0.15, -0.1) is 0 Å². The van der Waals surface area contributed by atoms with Crippen molar-refractivity contribution in [1.29, 1.82) is 0 Å². The molecule has 6 heteroatoms. The second-order valence-corrected chi connectivity index (χ2v) is 5.56. The topological polar surface area (TPSA) is 67.4 Å². The van der Waals surface area contributed by atoms with E-state index in [-0.39, 0.29) is 5.91 Å². The number of ether oxygens (including phenoxy) is 1. The van der Waals surface area contributed by atoms with Crippen molar-refractivity contribution in [2.75, 3.05) is 25.5 Å². The Labute approximate surface area is 129 Å². The highest BCUT2D eigenvalue weighted by Crippen LogP contribution is 2.23. The molecule has 0 atom stereocenters. The van der Waals surface area contributed by atoms with Crippen LogP contribution in [0.1, 0.15) is 29.6 Å². The van der Waals surface area contributed by atoms with Gasteiger partial charge >= 0.3 is 5.97 Å². The van der Waals surface area contributed by atoms with Crippen LogP contribution >= 0.6 is 11.6 Å². The van der Waals surface area contributed by atoms with Gasteiger partial charge in [-0.25, -0.2) is 4.79 Å². The van der Waals surface area contributed by atoms with Crippen LogP contribution in [0.15, 0.2) is 18.2 Å². The van der Waals surface area contributed by atoms with E-state index in [9.17, 15) is 9.59 Å². The van der Waals surface area contributed by atoms with Crippen LogP contribution in [0.4, 0.5) is 5.69 Å². The van der Waals surface area contributed by atoms with Crippen LogP contribution in [0.3, 0.4) is 0 Å². The number of carbonyl (C=O) groups is 2. The van der Waals surface area contributed by atoms with Gasteiger partial charge in [-0.1, -0.05) is 11.6 Å². The Hall–Kier alpha value is -1.59. The molecule has 1 heterocycles. The fourth-order valence-corrected chi connectivity index (χ4v) is 2.63. The fourth-order valence-electron chi connectivity index (χ4n) is 2.46. The van der Waals surface area contributed by atoms with E-state index < -0.39 is 5.97 Å². The van der Waals surface area contributed by atoms with Crippen LogP contribution in [0.25, 0.3) is 0 Å². The molecule has 0 spiro atoms. The van der Waals surface area contributed by atoms with E-state index >= 15 is 0 Å². The van der Waals surface area contributed by atoms with Gasteiger partial charge in [0.25, 0.3) is 0 Å². The lowest BCUT2D eigenvalue weighted by atomic mass is 9.94. The number of anilines is 1. The Bertz CT molecular complexity index is 528. The smallest absolute Gasteiger partial charge is 0.339 e. The number of piperidine rings is 1. The summed E-state index contributed by atoms with van der Waals surface area (Å²) in [5.74, 6) is -0.217. The maximum absolute atomic E-state index is 12.1. The van der Waals surface area contributed by atoms with E-state index in [1.165, 1.54) is 7.11 Å². The number of methoxy groups -OCH3 is 1. The van der Waals surface area contributed by atoms with Gasteiger partial charge in [-0.05, 0) is 50.0 Å². The van der Waals surface area contributed by atoms with Crippen molar-refractivity contribution in [2.24, 2.45) is 5.92 Å². The largest absolute Gasteiger partial charge is 0.465 e. The molecule has 1 aromatic carbocycles. The Balaban J connectivity index is 2.05. The molecule has 5 nitrogen and oxygen atoms in total. The summed E-state index contributed by atoms with van der Waals surface area (Å²) < 4.78 is 4.71. The molecule has 1 amide bonds. The number of amides is 1. The minimum atomic E-state index is -0.496. The summed E-state index contributed by atoms with van der Waals surface area (Å²) in [5.41, 5.74) is 0.703. The van der Waals surface area contributed by atoms with Crippen molar-refractivity contribution in [1.82, 2.24) is 5.32 Å². The Morgan fingerprint density at radius 1 is 1.38 bits per heavy atom. The molecule has 0 bridgehead atoms. The quantitative estimate of drug-likeness (QED) is 0.838. The number of hydrogen-bond acceptors (Lipinski definition) is 4. The molecule has 0 saturated carbocycles. The molecular weight excluding hydrogens is 292 g/mol. The number of benzene rings is 1. The second kappa shape index (κ2) is 7.43. The van der Waals surface area contributed by atoms with Crippen LogP contribution < -0.4 is 10.6 Å². The fraction of sp³-hybridized carbons (Fsp3) is 0.467. The molecule has 21 heavy (non-hydrogen) atoms. The zero-order chi connectivity index (χ0) is 15.2. The van der Waals surface area contributed by atoms with E-state index in [0.717, 1.165) is 25.9 Å². The standard InChI is InChI=1S/C15H19ClN2O3/c1-21-15(20)12-3-2-11(16)9-13(12)18-14(19)8-10-4-6-17-7-5-10/h2-3,9-10,17H,4-8H2,1H3,(H,18,19). The molecule has 114 valence electrons. The minimum absolute atomic E-state index is 0.102. The first-order chi connectivity index (χ1) is 10.1. The summed E-state index contributed by atoms with van der Waals surface area (Å²) in [6.07, 6.45) is 2.44. The van der Waals surface area contributed by atoms with Gasteiger partial charge in [0.05, 0.1) is 18.4 Å². The lowest BCUT2D eigenvalue weighted by Crippen LogP contribution is -2.30. The zero-order valence-electron chi connectivity index (χ0n) is 11.9. The highest BCUT2D eigenvalue weighted by Gasteiger charge is 2.19. The van der Waals surface area contributed by atoms with E-state index in [2.05, 4.69) is 10.6 Å². The normalized spacial score (nSPS) is 15.5. The van der Waals surface area contributed by atoms with E-state index in [4.69, 9.17) is 16.3 Å². The third-order valence-corrected chi connectivity index (χ3v) is 3.83. The Morgan fingerprint density at radius 3 is 2.76 bits per heavy atom. The van der Waals surface area contributed by atoms with Crippen molar-refractivity contribution in [2.45, 2.75) is 19.3 Å².